The number of hydrogen-bond donors (Lipinski definition) is 6. The summed E-state index contributed by atoms with van der Waals surface area (Å²) >= 11 is 1.14. The number of nitrogens with one attached hydrogen (secondary N) is 4. The number of benzene rings is 3. The predicted molar refractivity (Wildman–Crippen MR) is 139 cm³/mol. The number of aliphatic hydroxyl groups is 2. The highest BCUT2D eigenvalue weighted by molar-refractivity contribution is 7.20. The summed E-state index contributed by atoms with van der Waals surface area (Å²) in [6.45, 7) is 0.266. The Morgan fingerprint density at radius 1 is 0.857 bits per heavy atom. The zero-order valence-electron chi connectivity index (χ0n) is 18.7. The van der Waals surface area contributed by atoms with Crippen LogP contribution in [0.4, 0.5) is 21.5 Å². The van der Waals surface area contributed by atoms with Crippen molar-refractivity contribution in [2.24, 2.45) is 0 Å². The molecule has 0 aliphatic rings. The van der Waals surface area contributed by atoms with Gasteiger partial charge in [-0.2, -0.15) is 0 Å². The molecule has 0 saturated heterocycles. The Balaban J connectivity index is 1.58. The SMILES string of the molecule is O=C(Nc1sc(Nc2cccc3ccccc23)nc1C(=O)NCCO)c1ccc(NCCO)cc1. The van der Waals surface area contributed by atoms with Gasteiger partial charge >= 0.3 is 0 Å². The minimum absolute atomic E-state index is 0.00385. The highest BCUT2D eigenvalue weighted by Gasteiger charge is 2.21. The maximum Gasteiger partial charge on any atom is 0.273 e. The third kappa shape index (κ3) is 5.93. The number of amides is 2. The van der Waals surface area contributed by atoms with Gasteiger partial charge < -0.3 is 31.5 Å². The molecule has 3 aromatic carbocycles. The van der Waals surface area contributed by atoms with Crippen LogP contribution in [0.25, 0.3) is 10.8 Å². The molecule has 180 valence electrons. The quantitative estimate of drug-likeness (QED) is 0.200. The minimum Gasteiger partial charge on any atom is -0.395 e. The molecule has 0 aliphatic heterocycles. The molecule has 9 nitrogen and oxygen atoms in total. The van der Waals surface area contributed by atoms with E-state index in [1.807, 2.05) is 42.5 Å². The maximum atomic E-state index is 12.9. The van der Waals surface area contributed by atoms with Crippen molar-refractivity contribution in [3.8, 4) is 0 Å². The standard InChI is InChI=1S/C25H25N5O4S/c31-14-12-26-18-10-8-17(9-11-18)22(33)30-24-21(23(34)27-13-15-32)29-25(35-24)28-20-7-3-5-16-4-1-2-6-19(16)20/h1-11,26,31-32H,12-15H2,(H,27,34)(H,28,29)(H,30,33). The molecule has 1 heterocycles. The molecule has 0 bridgehead atoms. The first-order chi connectivity index (χ1) is 17.1. The zero-order valence-corrected chi connectivity index (χ0v) is 19.6. The molecule has 0 spiro atoms. The fourth-order valence-electron chi connectivity index (χ4n) is 3.43. The van der Waals surface area contributed by atoms with E-state index in [0.717, 1.165) is 33.5 Å². The number of rotatable bonds is 10. The smallest absolute Gasteiger partial charge is 0.273 e. The van der Waals surface area contributed by atoms with Gasteiger partial charge in [-0.05, 0) is 35.7 Å². The molecule has 0 atom stereocenters. The lowest BCUT2D eigenvalue weighted by molar-refractivity contribution is 0.0941. The maximum absolute atomic E-state index is 12.9. The lowest BCUT2D eigenvalue weighted by Gasteiger charge is -2.07. The van der Waals surface area contributed by atoms with Crippen LogP contribution in [-0.2, 0) is 0 Å². The third-order valence-corrected chi connectivity index (χ3v) is 5.97. The summed E-state index contributed by atoms with van der Waals surface area (Å²) in [5.41, 5.74) is 2.06. The van der Waals surface area contributed by atoms with Gasteiger partial charge in [0.2, 0.25) is 0 Å². The van der Waals surface area contributed by atoms with Gasteiger partial charge in [0.25, 0.3) is 11.8 Å². The number of hydrogen-bond acceptors (Lipinski definition) is 8. The molecule has 0 radical (unpaired) electrons. The van der Waals surface area contributed by atoms with Crippen LogP contribution in [0, 0.1) is 0 Å². The van der Waals surface area contributed by atoms with E-state index in [1.165, 1.54) is 0 Å². The van der Waals surface area contributed by atoms with Gasteiger partial charge in [-0.3, -0.25) is 9.59 Å². The van der Waals surface area contributed by atoms with Gasteiger partial charge in [-0.15, -0.1) is 0 Å². The minimum atomic E-state index is -0.500. The number of carbonyl (C=O) groups is 2. The number of fused-ring (bicyclic) bond motifs is 1. The Hall–Kier alpha value is -3.99. The number of carbonyl (C=O) groups excluding carboxylic acids is 2. The molecule has 0 fully saturated rings. The van der Waals surface area contributed by atoms with Crippen LogP contribution in [0.3, 0.4) is 0 Å². The number of thiazole rings is 1. The highest BCUT2D eigenvalue weighted by atomic mass is 32.1. The summed E-state index contributed by atoms with van der Waals surface area (Å²) in [6.07, 6.45) is 0. The number of aromatic nitrogens is 1. The number of anilines is 4. The molecule has 10 heteroatoms. The van der Waals surface area contributed by atoms with Crippen LogP contribution < -0.4 is 21.3 Å². The van der Waals surface area contributed by atoms with Crippen molar-refractivity contribution >= 4 is 55.4 Å². The molecule has 1 aromatic heterocycles. The summed E-state index contributed by atoms with van der Waals surface area (Å²) < 4.78 is 0. The topological polar surface area (TPSA) is 136 Å². The van der Waals surface area contributed by atoms with Crippen LogP contribution in [0.15, 0.2) is 66.7 Å². The van der Waals surface area contributed by atoms with E-state index in [1.54, 1.807) is 24.3 Å². The molecule has 4 rings (SSSR count). The molecule has 35 heavy (non-hydrogen) atoms. The summed E-state index contributed by atoms with van der Waals surface area (Å²) in [4.78, 5) is 30.0. The van der Waals surface area contributed by atoms with Gasteiger partial charge in [0.15, 0.2) is 10.8 Å². The van der Waals surface area contributed by atoms with Gasteiger partial charge in [-0.1, -0.05) is 47.7 Å². The van der Waals surface area contributed by atoms with Crippen molar-refractivity contribution in [2.75, 3.05) is 42.3 Å². The summed E-state index contributed by atoms with van der Waals surface area (Å²) in [6, 6.07) is 20.5. The summed E-state index contributed by atoms with van der Waals surface area (Å²) in [5, 5.41) is 32.4. The Morgan fingerprint density at radius 2 is 1.60 bits per heavy atom. The molecule has 0 aliphatic carbocycles. The van der Waals surface area contributed by atoms with Gasteiger partial charge in [0, 0.05) is 35.4 Å². The van der Waals surface area contributed by atoms with Crippen LogP contribution in [0.2, 0.25) is 0 Å². The lowest BCUT2D eigenvalue weighted by atomic mass is 10.1. The normalized spacial score (nSPS) is 10.7. The van der Waals surface area contributed by atoms with Crippen molar-refractivity contribution in [2.45, 2.75) is 0 Å². The monoisotopic (exact) mass is 491 g/mol. The molecular weight excluding hydrogens is 466 g/mol. The second kappa shape index (κ2) is 11.4. The zero-order chi connectivity index (χ0) is 24.6. The fourth-order valence-corrected chi connectivity index (χ4v) is 4.30. The predicted octanol–water partition coefficient (Wildman–Crippen LogP) is 3.42. The second-order valence-corrected chi connectivity index (χ2v) is 8.51. The van der Waals surface area contributed by atoms with E-state index in [2.05, 4.69) is 26.3 Å². The largest absolute Gasteiger partial charge is 0.395 e. The molecule has 4 aromatic rings. The Morgan fingerprint density at radius 3 is 2.37 bits per heavy atom. The Kier molecular flexibility index (Phi) is 7.88. The van der Waals surface area contributed by atoms with Crippen molar-refractivity contribution in [3.05, 3.63) is 78.0 Å². The van der Waals surface area contributed by atoms with Crippen molar-refractivity contribution in [1.29, 1.82) is 0 Å². The van der Waals surface area contributed by atoms with Crippen LogP contribution in [0.1, 0.15) is 20.8 Å². The molecule has 6 N–H and O–H groups in total. The van der Waals surface area contributed by atoms with Crippen LogP contribution in [0.5, 0.6) is 0 Å². The van der Waals surface area contributed by atoms with E-state index < -0.39 is 11.8 Å². The van der Waals surface area contributed by atoms with Crippen LogP contribution in [-0.4, -0.2) is 53.3 Å². The van der Waals surface area contributed by atoms with E-state index in [4.69, 9.17) is 10.2 Å². The fraction of sp³-hybridized carbons (Fsp3) is 0.160. The molecular formula is C25H25N5O4S. The first kappa shape index (κ1) is 24.1. The molecule has 0 saturated carbocycles. The van der Waals surface area contributed by atoms with E-state index in [9.17, 15) is 9.59 Å². The second-order valence-electron chi connectivity index (χ2n) is 7.51. The van der Waals surface area contributed by atoms with Crippen molar-refractivity contribution in [1.82, 2.24) is 10.3 Å². The van der Waals surface area contributed by atoms with Crippen LogP contribution >= 0.6 is 11.3 Å². The van der Waals surface area contributed by atoms with Gasteiger partial charge in [0.05, 0.1) is 13.2 Å². The first-order valence-corrected chi connectivity index (χ1v) is 11.8. The van der Waals surface area contributed by atoms with Crippen molar-refractivity contribution in [3.63, 3.8) is 0 Å². The average Bonchev–Trinajstić information content (AvgIpc) is 3.28. The summed E-state index contributed by atoms with van der Waals surface area (Å²) in [7, 11) is 0. The number of nitrogens with zero attached hydrogens (tertiary/aromatic N) is 1. The van der Waals surface area contributed by atoms with E-state index >= 15 is 0 Å². The lowest BCUT2D eigenvalue weighted by Crippen LogP contribution is -2.27. The Labute approximate surface area is 205 Å². The van der Waals surface area contributed by atoms with E-state index in [-0.39, 0.29) is 30.5 Å². The van der Waals surface area contributed by atoms with Crippen molar-refractivity contribution < 1.29 is 19.8 Å². The highest BCUT2D eigenvalue weighted by Crippen LogP contribution is 2.33. The average molecular weight is 492 g/mol. The first-order valence-electron chi connectivity index (χ1n) is 11.0. The van der Waals surface area contributed by atoms with Gasteiger partial charge in [-0.25, -0.2) is 4.98 Å². The number of aliphatic hydroxyl groups excluding tert-OH is 2. The Bertz CT molecular complexity index is 1320. The molecule has 2 amide bonds. The van der Waals surface area contributed by atoms with Gasteiger partial charge in [0.1, 0.15) is 5.00 Å². The van der Waals surface area contributed by atoms with E-state index in [0.29, 0.717) is 17.2 Å². The third-order valence-electron chi connectivity index (χ3n) is 5.09. The molecule has 0 unspecified atom stereocenters. The summed E-state index contributed by atoms with van der Waals surface area (Å²) in [5.74, 6) is -0.893.